The smallest absolute Gasteiger partial charge is 0.340 e. The summed E-state index contributed by atoms with van der Waals surface area (Å²) in [4.78, 5) is 33.3. The molecular weight excluding hydrogens is 641 g/mol. The summed E-state index contributed by atoms with van der Waals surface area (Å²) in [6, 6.07) is 3.46. The number of alkyl halides is 6. The lowest BCUT2D eigenvalue weighted by atomic mass is 9.88. The average Bonchev–Trinajstić information content (AvgIpc) is 2.98. The molecule has 6 nitrogen and oxygen atoms in total. The first-order chi connectivity index (χ1) is 20.9. The van der Waals surface area contributed by atoms with Crippen LogP contribution in [0.4, 0.5) is 35.5 Å². The molecule has 3 amide bonds. The minimum atomic E-state index is -5.01. The zero-order valence-electron chi connectivity index (χ0n) is 26.4. The summed E-state index contributed by atoms with van der Waals surface area (Å²) in [7, 11) is 1.35. The summed E-state index contributed by atoms with van der Waals surface area (Å²) >= 11 is 0. The second-order valence-corrected chi connectivity index (χ2v) is 12.3. The normalized spacial score (nSPS) is 20.4. The first kappa shape index (κ1) is 37.4. The lowest BCUT2D eigenvalue weighted by molar-refractivity contribution is -0.143. The van der Waals surface area contributed by atoms with Crippen molar-refractivity contribution in [3.63, 3.8) is 0 Å². The summed E-state index contributed by atoms with van der Waals surface area (Å²) in [5.41, 5.74) is -1.87. The SMILES string of the molecule is Cc1cc(F)ccc1[C@H]1C[C@@H](N2CCN(C(=O)C(C)C)CC2)CCN1C(=O)N(C)[C@H](C)c1cc(C(F)(F)F)cc(C(F)(F)F)c1.Cl. The zero-order chi connectivity index (χ0) is 33.4. The Morgan fingerprint density at radius 1 is 0.870 bits per heavy atom. The number of halogens is 8. The Kier molecular flexibility index (Phi) is 11.7. The average molecular weight is 681 g/mol. The molecule has 2 saturated heterocycles. The van der Waals surface area contributed by atoms with Crippen molar-refractivity contribution in [2.24, 2.45) is 5.92 Å². The van der Waals surface area contributed by atoms with E-state index < -0.39 is 47.4 Å². The number of nitrogens with zero attached hydrogens (tertiary/aromatic N) is 4. The van der Waals surface area contributed by atoms with Gasteiger partial charge >= 0.3 is 18.4 Å². The van der Waals surface area contributed by atoms with E-state index in [0.717, 1.165) is 4.90 Å². The van der Waals surface area contributed by atoms with E-state index in [1.54, 1.807) is 17.9 Å². The fraction of sp³-hybridized carbons (Fsp3) is 0.562. The van der Waals surface area contributed by atoms with Crippen molar-refractivity contribution in [3.05, 3.63) is 70.0 Å². The van der Waals surface area contributed by atoms with E-state index in [0.29, 0.717) is 62.3 Å². The monoisotopic (exact) mass is 680 g/mol. The van der Waals surface area contributed by atoms with E-state index in [-0.39, 0.29) is 48.4 Å². The van der Waals surface area contributed by atoms with Crippen LogP contribution in [-0.2, 0) is 17.1 Å². The van der Waals surface area contributed by atoms with Crippen molar-refractivity contribution >= 4 is 24.3 Å². The Morgan fingerprint density at radius 2 is 1.43 bits per heavy atom. The minimum absolute atomic E-state index is 0. The molecule has 0 aliphatic carbocycles. The Morgan fingerprint density at radius 3 is 1.93 bits per heavy atom. The molecule has 46 heavy (non-hydrogen) atoms. The van der Waals surface area contributed by atoms with Gasteiger partial charge in [0.25, 0.3) is 0 Å². The van der Waals surface area contributed by atoms with E-state index in [1.807, 2.05) is 18.7 Å². The molecule has 0 aromatic heterocycles. The molecule has 2 aliphatic rings. The number of benzene rings is 2. The number of piperazine rings is 1. The van der Waals surface area contributed by atoms with Gasteiger partial charge in [-0.05, 0) is 73.7 Å². The van der Waals surface area contributed by atoms with Gasteiger partial charge in [0.15, 0.2) is 0 Å². The molecule has 2 aliphatic heterocycles. The summed E-state index contributed by atoms with van der Waals surface area (Å²) < 4.78 is 95.3. The van der Waals surface area contributed by atoms with Crippen LogP contribution in [0.15, 0.2) is 36.4 Å². The third-order valence-electron chi connectivity index (χ3n) is 9.02. The molecule has 2 fully saturated rings. The summed E-state index contributed by atoms with van der Waals surface area (Å²) in [6.45, 7) is 9.56. The summed E-state index contributed by atoms with van der Waals surface area (Å²) in [5, 5.41) is 0. The van der Waals surface area contributed by atoms with Crippen LogP contribution in [0.5, 0.6) is 0 Å². The molecule has 2 heterocycles. The highest BCUT2D eigenvalue weighted by molar-refractivity contribution is 5.85. The fourth-order valence-corrected chi connectivity index (χ4v) is 6.30. The van der Waals surface area contributed by atoms with Gasteiger partial charge in [-0.1, -0.05) is 19.9 Å². The lowest BCUT2D eigenvalue weighted by Gasteiger charge is -2.47. The van der Waals surface area contributed by atoms with E-state index in [9.17, 15) is 40.3 Å². The first-order valence-corrected chi connectivity index (χ1v) is 15.0. The molecule has 0 bridgehead atoms. The van der Waals surface area contributed by atoms with Crippen LogP contribution in [0.25, 0.3) is 0 Å². The Hall–Kier alpha value is -3.06. The van der Waals surface area contributed by atoms with Gasteiger partial charge in [-0.3, -0.25) is 9.69 Å². The van der Waals surface area contributed by atoms with Crippen molar-refractivity contribution in [2.75, 3.05) is 39.8 Å². The molecule has 3 atom stereocenters. The number of hydrogen-bond acceptors (Lipinski definition) is 3. The van der Waals surface area contributed by atoms with Gasteiger partial charge in [0.2, 0.25) is 5.91 Å². The van der Waals surface area contributed by atoms with Gasteiger partial charge in [-0.25, -0.2) is 9.18 Å². The number of carbonyl (C=O) groups is 2. The van der Waals surface area contributed by atoms with E-state index >= 15 is 0 Å². The highest BCUT2D eigenvalue weighted by Gasteiger charge is 2.41. The molecule has 4 rings (SSSR count). The van der Waals surface area contributed by atoms with E-state index in [4.69, 9.17) is 0 Å². The number of urea groups is 1. The molecule has 256 valence electrons. The molecule has 2 aromatic rings. The van der Waals surface area contributed by atoms with Gasteiger partial charge in [0.1, 0.15) is 5.82 Å². The topological polar surface area (TPSA) is 47.1 Å². The highest BCUT2D eigenvalue weighted by Crippen LogP contribution is 2.40. The summed E-state index contributed by atoms with van der Waals surface area (Å²) in [6.07, 6.45) is -8.97. The number of piperidine rings is 1. The molecular formula is C32H40ClF7N4O2. The molecule has 0 radical (unpaired) electrons. The van der Waals surface area contributed by atoms with Crippen LogP contribution in [0.1, 0.15) is 73.5 Å². The second-order valence-electron chi connectivity index (χ2n) is 12.3. The second kappa shape index (κ2) is 14.4. The maximum absolute atomic E-state index is 14.1. The first-order valence-electron chi connectivity index (χ1n) is 15.0. The highest BCUT2D eigenvalue weighted by atomic mass is 35.5. The molecule has 0 spiro atoms. The molecule has 0 unspecified atom stereocenters. The van der Waals surface area contributed by atoms with Crippen LogP contribution in [0.3, 0.4) is 0 Å². The van der Waals surface area contributed by atoms with Crippen molar-refractivity contribution in [3.8, 4) is 0 Å². The quantitative estimate of drug-likeness (QED) is 0.304. The van der Waals surface area contributed by atoms with Gasteiger partial charge in [0.05, 0.1) is 23.2 Å². The van der Waals surface area contributed by atoms with Crippen LogP contribution in [0.2, 0.25) is 0 Å². The maximum atomic E-state index is 14.1. The van der Waals surface area contributed by atoms with Crippen LogP contribution in [-0.4, -0.2) is 77.4 Å². The third-order valence-corrected chi connectivity index (χ3v) is 9.02. The molecule has 0 N–H and O–H groups in total. The maximum Gasteiger partial charge on any atom is 0.416 e. The van der Waals surface area contributed by atoms with Crippen molar-refractivity contribution < 1.29 is 40.3 Å². The van der Waals surface area contributed by atoms with E-state index in [2.05, 4.69) is 4.90 Å². The predicted molar refractivity (Wildman–Crippen MR) is 162 cm³/mol. The fourth-order valence-electron chi connectivity index (χ4n) is 6.30. The third kappa shape index (κ3) is 8.26. The van der Waals surface area contributed by atoms with Gasteiger partial charge in [-0.15, -0.1) is 12.4 Å². The van der Waals surface area contributed by atoms with Crippen molar-refractivity contribution in [1.82, 2.24) is 19.6 Å². The van der Waals surface area contributed by atoms with Gasteiger partial charge in [-0.2, -0.15) is 26.3 Å². The number of aryl methyl sites for hydroxylation is 1. The molecule has 2 aromatic carbocycles. The van der Waals surface area contributed by atoms with Crippen molar-refractivity contribution in [2.45, 2.75) is 71.0 Å². The summed E-state index contributed by atoms with van der Waals surface area (Å²) in [5.74, 6) is -0.453. The largest absolute Gasteiger partial charge is 0.416 e. The Bertz CT molecular complexity index is 1360. The number of rotatable bonds is 5. The number of carbonyl (C=O) groups excluding carboxylic acids is 2. The number of likely N-dealkylation sites (tertiary alicyclic amines) is 1. The van der Waals surface area contributed by atoms with Crippen LogP contribution >= 0.6 is 12.4 Å². The van der Waals surface area contributed by atoms with Crippen LogP contribution in [0, 0.1) is 18.7 Å². The number of hydrogen-bond donors (Lipinski definition) is 0. The van der Waals surface area contributed by atoms with Gasteiger partial charge in [0, 0.05) is 51.7 Å². The lowest BCUT2D eigenvalue weighted by Crippen LogP contribution is -2.56. The Labute approximate surface area is 270 Å². The predicted octanol–water partition coefficient (Wildman–Crippen LogP) is 7.71. The zero-order valence-corrected chi connectivity index (χ0v) is 27.2. The van der Waals surface area contributed by atoms with Crippen LogP contribution < -0.4 is 0 Å². The standard InChI is InChI=1S/C32H39F7N4O2.ClH/c1-19(2)29(44)42-12-10-41(11-13-42)26-8-9-43(28(18-26)27-7-6-25(33)14-20(27)3)30(45)40(5)21(4)22-15-23(31(34,35)36)17-24(16-22)32(37,38)39;/h6-7,14-17,19,21,26,28H,8-13,18H2,1-5H3;1H/t21-,26+,28-;/m1./s1. The van der Waals surface area contributed by atoms with Crippen molar-refractivity contribution in [1.29, 1.82) is 0 Å². The van der Waals surface area contributed by atoms with E-state index in [1.165, 1.54) is 26.1 Å². The van der Waals surface area contributed by atoms with Gasteiger partial charge < -0.3 is 14.7 Å². The molecule has 14 heteroatoms. The number of amides is 3. The Balaban J connectivity index is 0.00000576. The minimum Gasteiger partial charge on any atom is -0.340 e. The molecule has 0 saturated carbocycles.